The fourth-order valence-electron chi connectivity index (χ4n) is 2.98. The molecule has 5 heteroatoms. The van der Waals surface area contributed by atoms with Crippen LogP contribution in [0.15, 0.2) is 54.6 Å². The average molecular weight is 370 g/mol. The van der Waals surface area contributed by atoms with Crippen LogP contribution < -0.4 is 4.74 Å². The summed E-state index contributed by atoms with van der Waals surface area (Å²) in [6.07, 6.45) is 1.03. The zero-order valence-corrected chi connectivity index (χ0v) is 15.0. The van der Waals surface area contributed by atoms with E-state index in [9.17, 15) is 0 Å². The summed E-state index contributed by atoms with van der Waals surface area (Å²) >= 11 is 5.88. The number of alkyl halides is 1. The third-order valence-electron chi connectivity index (χ3n) is 4.43. The summed E-state index contributed by atoms with van der Waals surface area (Å²) in [6, 6.07) is 16.9. The van der Waals surface area contributed by atoms with E-state index >= 15 is 4.39 Å². The molecule has 1 heterocycles. The summed E-state index contributed by atoms with van der Waals surface area (Å²) in [7, 11) is 0. The van der Waals surface area contributed by atoms with Crippen molar-refractivity contribution in [3.05, 3.63) is 65.2 Å². The quantitative estimate of drug-likeness (QED) is 0.726. The molecule has 2 aromatic carbocycles. The van der Waals surface area contributed by atoms with Crippen molar-refractivity contribution in [1.82, 2.24) is 4.90 Å². The molecule has 3 rings (SSSR count). The van der Waals surface area contributed by atoms with Gasteiger partial charge in [0.1, 0.15) is 18.0 Å². The Bertz CT molecular complexity index is 613. The molecule has 0 aromatic heterocycles. The minimum atomic E-state index is -1.23. The highest BCUT2D eigenvalue weighted by atomic mass is 35.5. The Morgan fingerprint density at radius 3 is 2.25 bits per heavy atom. The van der Waals surface area contributed by atoms with Gasteiger partial charge in [0.2, 0.25) is 0 Å². The first-order chi connectivity index (χ1) is 11.2. The van der Waals surface area contributed by atoms with Gasteiger partial charge >= 0.3 is 0 Å². The monoisotopic (exact) mass is 369 g/mol. The maximum absolute atomic E-state index is 15.1. The first-order valence-electron chi connectivity index (χ1n) is 8.01. The van der Waals surface area contributed by atoms with Gasteiger partial charge in [0.05, 0.1) is 0 Å². The summed E-state index contributed by atoms with van der Waals surface area (Å²) in [4.78, 5) is 2.26. The average Bonchev–Trinajstić information content (AvgIpc) is 2.58. The van der Waals surface area contributed by atoms with Crippen molar-refractivity contribution in [2.24, 2.45) is 0 Å². The van der Waals surface area contributed by atoms with Gasteiger partial charge in [0.25, 0.3) is 0 Å². The number of hydrogen-bond acceptors (Lipinski definition) is 2. The second kappa shape index (κ2) is 8.70. The summed E-state index contributed by atoms with van der Waals surface area (Å²) in [5.74, 6) is 0.880. The molecule has 0 N–H and O–H groups in total. The Kier molecular flexibility index (Phi) is 6.90. The molecule has 2 aromatic rings. The van der Waals surface area contributed by atoms with E-state index in [4.69, 9.17) is 16.3 Å². The lowest BCUT2D eigenvalue weighted by molar-refractivity contribution is 0.0501. The minimum Gasteiger partial charge on any atom is -0.492 e. The van der Waals surface area contributed by atoms with Crippen LogP contribution in [0.5, 0.6) is 5.75 Å². The highest BCUT2D eigenvalue weighted by Gasteiger charge is 2.35. The van der Waals surface area contributed by atoms with E-state index < -0.39 is 5.67 Å². The van der Waals surface area contributed by atoms with Crippen molar-refractivity contribution in [3.63, 3.8) is 0 Å². The summed E-state index contributed by atoms with van der Waals surface area (Å²) in [5.41, 5.74) is -0.497. The summed E-state index contributed by atoms with van der Waals surface area (Å²) < 4.78 is 20.8. The van der Waals surface area contributed by atoms with Gasteiger partial charge in [0.15, 0.2) is 0 Å². The Hall–Kier alpha value is -1.29. The molecule has 0 amide bonds. The largest absolute Gasteiger partial charge is 0.492 e. The molecular formula is C19H22Cl2FNO. The molecule has 130 valence electrons. The van der Waals surface area contributed by atoms with E-state index in [1.807, 2.05) is 30.3 Å². The first-order valence-corrected chi connectivity index (χ1v) is 8.39. The molecule has 24 heavy (non-hydrogen) atoms. The standard InChI is InChI=1S/C19H21ClFNO.ClH/c20-17-8-6-16(7-9-17)19(21)10-12-22(13-11-19)14-15-23-18-4-2-1-3-5-18;/h1-9H,10-15H2;1H. The second-order valence-corrected chi connectivity index (χ2v) is 6.41. The predicted octanol–water partition coefficient (Wildman–Crippen LogP) is 5.10. The van der Waals surface area contributed by atoms with Crippen LogP contribution >= 0.6 is 24.0 Å². The van der Waals surface area contributed by atoms with Crippen molar-refractivity contribution in [1.29, 1.82) is 0 Å². The van der Waals surface area contributed by atoms with Crippen LogP contribution in [0.3, 0.4) is 0 Å². The summed E-state index contributed by atoms with van der Waals surface area (Å²) in [5, 5.41) is 0.646. The topological polar surface area (TPSA) is 12.5 Å². The Labute approximate surface area is 154 Å². The minimum absolute atomic E-state index is 0. The van der Waals surface area contributed by atoms with Crippen LogP contribution in [-0.4, -0.2) is 31.1 Å². The van der Waals surface area contributed by atoms with Crippen molar-refractivity contribution in [2.75, 3.05) is 26.2 Å². The van der Waals surface area contributed by atoms with Gasteiger partial charge in [-0.25, -0.2) is 4.39 Å². The number of halogens is 3. The van der Waals surface area contributed by atoms with E-state index in [1.54, 1.807) is 24.3 Å². The number of rotatable bonds is 5. The van der Waals surface area contributed by atoms with Crippen molar-refractivity contribution in [2.45, 2.75) is 18.5 Å². The van der Waals surface area contributed by atoms with E-state index in [-0.39, 0.29) is 12.4 Å². The van der Waals surface area contributed by atoms with E-state index in [2.05, 4.69) is 4.90 Å². The number of piperidine rings is 1. The third-order valence-corrected chi connectivity index (χ3v) is 4.68. The van der Waals surface area contributed by atoms with Crippen LogP contribution in [0.2, 0.25) is 5.02 Å². The van der Waals surface area contributed by atoms with Crippen molar-refractivity contribution in [3.8, 4) is 5.75 Å². The van der Waals surface area contributed by atoms with Gasteiger partial charge < -0.3 is 4.74 Å². The van der Waals surface area contributed by atoms with Gasteiger partial charge in [0, 0.05) is 24.7 Å². The molecule has 1 aliphatic heterocycles. The molecule has 1 fully saturated rings. The number of ether oxygens (including phenoxy) is 1. The number of benzene rings is 2. The molecular weight excluding hydrogens is 348 g/mol. The molecule has 0 bridgehead atoms. The van der Waals surface area contributed by atoms with Crippen LogP contribution in [-0.2, 0) is 5.67 Å². The Morgan fingerprint density at radius 1 is 1.00 bits per heavy atom. The second-order valence-electron chi connectivity index (χ2n) is 5.98. The maximum atomic E-state index is 15.1. The Balaban J connectivity index is 0.00000208. The highest BCUT2D eigenvalue weighted by molar-refractivity contribution is 6.30. The van der Waals surface area contributed by atoms with Gasteiger partial charge in [-0.2, -0.15) is 0 Å². The van der Waals surface area contributed by atoms with E-state index in [0.29, 0.717) is 24.5 Å². The lowest BCUT2D eigenvalue weighted by Crippen LogP contribution is -2.41. The van der Waals surface area contributed by atoms with Crippen LogP contribution in [0.25, 0.3) is 0 Å². The first kappa shape index (κ1) is 19.0. The zero-order valence-electron chi connectivity index (χ0n) is 13.5. The van der Waals surface area contributed by atoms with Gasteiger partial charge in [-0.3, -0.25) is 4.90 Å². The molecule has 2 nitrogen and oxygen atoms in total. The van der Waals surface area contributed by atoms with Crippen LogP contribution in [0.1, 0.15) is 18.4 Å². The molecule has 0 spiro atoms. The molecule has 1 aliphatic rings. The fourth-order valence-corrected chi connectivity index (χ4v) is 3.10. The zero-order chi connectivity index (χ0) is 16.1. The predicted molar refractivity (Wildman–Crippen MR) is 99.1 cm³/mol. The molecule has 0 saturated carbocycles. The highest BCUT2D eigenvalue weighted by Crippen LogP contribution is 2.37. The van der Waals surface area contributed by atoms with Gasteiger partial charge in [-0.05, 0) is 42.7 Å². The smallest absolute Gasteiger partial charge is 0.138 e. The SMILES string of the molecule is Cl.FC1(c2ccc(Cl)cc2)CCN(CCOc2ccccc2)CC1. The lowest BCUT2D eigenvalue weighted by atomic mass is 9.86. The van der Waals surface area contributed by atoms with Gasteiger partial charge in [-0.15, -0.1) is 12.4 Å². The van der Waals surface area contributed by atoms with E-state index in [1.165, 1.54) is 0 Å². The summed E-state index contributed by atoms with van der Waals surface area (Å²) in [6.45, 7) is 2.95. The van der Waals surface area contributed by atoms with Crippen LogP contribution in [0, 0.1) is 0 Å². The van der Waals surface area contributed by atoms with E-state index in [0.717, 1.165) is 30.9 Å². The van der Waals surface area contributed by atoms with Crippen molar-refractivity contribution >= 4 is 24.0 Å². The number of nitrogens with zero attached hydrogens (tertiary/aromatic N) is 1. The molecule has 1 saturated heterocycles. The Morgan fingerprint density at radius 2 is 1.62 bits per heavy atom. The third kappa shape index (κ3) is 4.85. The number of likely N-dealkylation sites (tertiary alicyclic amines) is 1. The molecule has 0 aliphatic carbocycles. The van der Waals surface area contributed by atoms with Crippen molar-refractivity contribution < 1.29 is 9.13 Å². The number of hydrogen-bond donors (Lipinski definition) is 0. The van der Waals surface area contributed by atoms with Crippen LogP contribution in [0.4, 0.5) is 4.39 Å². The molecule has 0 radical (unpaired) electrons. The molecule has 0 atom stereocenters. The molecule has 0 unspecified atom stereocenters. The fraction of sp³-hybridized carbons (Fsp3) is 0.368. The van der Waals surface area contributed by atoms with Gasteiger partial charge in [-0.1, -0.05) is 41.9 Å². The normalized spacial score (nSPS) is 17.1. The maximum Gasteiger partial charge on any atom is 0.138 e. The number of para-hydroxylation sites is 1. The lowest BCUT2D eigenvalue weighted by Gasteiger charge is -2.36.